The van der Waals surface area contributed by atoms with Crippen LogP contribution in [0.1, 0.15) is 13.8 Å². The molecule has 0 aromatic heterocycles. The minimum absolute atomic E-state index is 0.227. The van der Waals surface area contributed by atoms with Gasteiger partial charge in [-0.05, 0) is 0 Å². The second-order valence-electron chi connectivity index (χ2n) is 4.00. The normalized spacial score (nSPS) is 23.7. The molecular formula is C8H17O3PSe2. The van der Waals surface area contributed by atoms with Crippen molar-refractivity contribution in [1.82, 2.24) is 0 Å². The molecule has 0 atom stereocenters. The van der Waals surface area contributed by atoms with E-state index in [-0.39, 0.29) is 3.46 Å². The monoisotopic (exact) mass is 352 g/mol. The van der Waals surface area contributed by atoms with Crippen LogP contribution in [0.4, 0.5) is 0 Å². The maximum absolute atomic E-state index is 12.1. The van der Waals surface area contributed by atoms with Gasteiger partial charge in [0, 0.05) is 0 Å². The molecule has 0 saturated carbocycles. The Morgan fingerprint density at radius 1 is 1.21 bits per heavy atom. The Labute approximate surface area is 98.5 Å². The van der Waals surface area contributed by atoms with E-state index in [1.54, 1.807) is 0 Å². The van der Waals surface area contributed by atoms with E-state index < -0.39 is 7.60 Å². The summed E-state index contributed by atoms with van der Waals surface area (Å²) in [5.74, 6) is 0. The summed E-state index contributed by atoms with van der Waals surface area (Å²) in [4.78, 5) is 0. The SMILES string of the molecule is COP(=O)(OC)C1[Se]CC(C)(C)C[Se]1. The average molecular weight is 350 g/mol. The average Bonchev–Trinajstić information content (AvgIpc) is 2.16. The van der Waals surface area contributed by atoms with Crippen molar-refractivity contribution in [1.29, 1.82) is 0 Å². The van der Waals surface area contributed by atoms with Gasteiger partial charge in [0.1, 0.15) is 0 Å². The molecule has 14 heavy (non-hydrogen) atoms. The molecule has 1 aliphatic rings. The van der Waals surface area contributed by atoms with E-state index in [0.29, 0.717) is 35.3 Å². The van der Waals surface area contributed by atoms with E-state index in [1.807, 2.05) is 0 Å². The van der Waals surface area contributed by atoms with E-state index >= 15 is 0 Å². The second-order valence-corrected chi connectivity index (χ2v) is 14.0. The standard InChI is InChI=1S/C8H17O3PSe2/c1-8(2)5-13-7(14-6-8)12(9,10-3)11-4/h7H,5-6H2,1-4H3. The molecule has 1 aliphatic heterocycles. The molecule has 1 fully saturated rings. The molecule has 1 heterocycles. The van der Waals surface area contributed by atoms with Crippen molar-refractivity contribution in [2.24, 2.45) is 5.41 Å². The Kier molecular flexibility index (Phi) is 4.75. The fraction of sp³-hybridized carbons (Fsp3) is 1.00. The fourth-order valence-corrected chi connectivity index (χ4v) is 13.5. The summed E-state index contributed by atoms with van der Waals surface area (Å²) < 4.78 is 22.4. The first-order valence-corrected chi connectivity index (χ1v) is 10.4. The number of hydrogen-bond acceptors (Lipinski definition) is 3. The van der Waals surface area contributed by atoms with Gasteiger partial charge in [-0.2, -0.15) is 0 Å². The van der Waals surface area contributed by atoms with Crippen LogP contribution < -0.4 is 0 Å². The molecular weight excluding hydrogens is 333 g/mol. The first kappa shape index (κ1) is 13.3. The summed E-state index contributed by atoms with van der Waals surface area (Å²) in [6.07, 6.45) is 0. The van der Waals surface area contributed by atoms with Crippen LogP contribution in [-0.4, -0.2) is 47.6 Å². The Hall–Kier alpha value is 1.19. The van der Waals surface area contributed by atoms with E-state index in [2.05, 4.69) is 13.8 Å². The Balaban J connectivity index is 2.61. The molecule has 0 aliphatic carbocycles. The second kappa shape index (κ2) is 5.01. The molecule has 0 N–H and O–H groups in total. The van der Waals surface area contributed by atoms with Crippen LogP contribution in [0, 0.1) is 5.41 Å². The van der Waals surface area contributed by atoms with Gasteiger partial charge < -0.3 is 0 Å². The third-order valence-electron chi connectivity index (χ3n) is 2.00. The fourth-order valence-electron chi connectivity index (χ4n) is 1.11. The topological polar surface area (TPSA) is 35.5 Å². The summed E-state index contributed by atoms with van der Waals surface area (Å²) in [6, 6.07) is 0. The molecule has 0 bridgehead atoms. The van der Waals surface area contributed by atoms with Crippen molar-refractivity contribution in [3.63, 3.8) is 0 Å². The van der Waals surface area contributed by atoms with Crippen LogP contribution in [0.2, 0.25) is 10.6 Å². The van der Waals surface area contributed by atoms with Crippen molar-refractivity contribution in [2.45, 2.75) is 27.9 Å². The zero-order valence-corrected chi connectivity index (χ0v) is 13.3. The number of rotatable bonds is 3. The third-order valence-corrected chi connectivity index (χ3v) is 16.5. The molecule has 0 radical (unpaired) electrons. The summed E-state index contributed by atoms with van der Waals surface area (Å²) in [7, 11) is 0.235. The Morgan fingerprint density at radius 2 is 1.64 bits per heavy atom. The summed E-state index contributed by atoms with van der Waals surface area (Å²) in [5, 5.41) is 2.37. The molecule has 3 nitrogen and oxygen atoms in total. The Bertz CT molecular complexity index is 227. The summed E-state index contributed by atoms with van der Waals surface area (Å²) in [5.41, 5.74) is 0.447. The van der Waals surface area contributed by atoms with Crippen molar-refractivity contribution in [3.8, 4) is 0 Å². The van der Waals surface area contributed by atoms with Gasteiger partial charge in [0.25, 0.3) is 0 Å². The molecule has 0 unspecified atom stereocenters. The van der Waals surface area contributed by atoms with Gasteiger partial charge in [0.05, 0.1) is 0 Å². The quantitative estimate of drug-likeness (QED) is 0.577. The van der Waals surface area contributed by atoms with Crippen LogP contribution in [0.15, 0.2) is 0 Å². The molecule has 0 amide bonds. The van der Waals surface area contributed by atoms with Crippen molar-refractivity contribution >= 4 is 37.5 Å². The summed E-state index contributed by atoms with van der Waals surface area (Å²) >= 11 is 0.812. The van der Waals surface area contributed by atoms with Gasteiger partial charge in [-0.3, -0.25) is 0 Å². The van der Waals surface area contributed by atoms with E-state index in [1.165, 1.54) is 24.9 Å². The van der Waals surface area contributed by atoms with E-state index in [0.717, 1.165) is 0 Å². The van der Waals surface area contributed by atoms with Crippen LogP contribution >= 0.6 is 7.60 Å². The predicted molar refractivity (Wildman–Crippen MR) is 60.3 cm³/mol. The molecule has 84 valence electrons. The van der Waals surface area contributed by atoms with Gasteiger partial charge in [0.2, 0.25) is 0 Å². The van der Waals surface area contributed by atoms with E-state index in [9.17, 15) is 4.57 Å². The van der Waals surface area contributed by atoms with Crippen LogP contribution in [0.5, 0.6) is 0 Å². The van der Waals surface area contributed by atoms with Crippen molar-refractivity contribution in [3.05, 3.63) is 0 Å². The van der Waals surface area contributed by atoms with Gasteiger partial charge in [-0.15, -0.1) is 0 Å². The summed E-state index contributed by atoms with van der Waals surface area (Å²) in [6.45, 7) is 4.58. The molecule has 0 aromatic rings. The third kappa shape index (κ3) is 3.09. The zero-order valence-electron chi connectivity index (χ0n) is 8.98. The number of hydrogen-bond donors (Lipinski definition) is 0. The van der Waals surface area contributed by atoms with Crippen molar-refractivity contribution in [2.75, 3.05) is 14.2 Å². The molecule has 0 spiro atoms. The van der Waals surface area contributed by atoms with Crippen LogP contribution in [0.3, 0.4) is 0 Å². The molecule has 1 saturated heterocycles. The molecule has 6 heteroatoms. The Morgan fingerprint density at radius 3 is 2.00 bits per heavy atom. The molecule has 1 rings (SSSR count). The first-order valence-electron chi connectivity index (χ1n) is 4.38. The van der Waals surface area contributed by atoms with Crippen LogP contribution in [0.25, 0.3) is 0 Å². The molecule has 0 aromatic carbocycles. The maximum atomic E-state index is 12.1. The van der Waals surface area contributed by atoms with E-state index in [4.69, 9.17) is 9.05 Å². The van der Waals surface area contributed by atoms with Gasteiger partial charge in [0.15, 0.2) is 0 Å². The minimum atomic E-state index is -2.76. The van der Waals surface area contributed by atoms with Crippen LogP contribution in [-0.2, 0) is 13.6 Å². The zero-order chi connectivity index (χ0) is 10.8. The van der Waals surface area contributed by atoms with Crippen molar-refractivity contribution < 1.29 is 13.6 Å². The predicted octanol–water partition coefficient (Wildman–Crippen LogP) is 2.04. The van der Waals surface area contributed by atoms with Gasteiger partial charge in [-0.25, -0.2) is 0 Å². The first-order chi connectivity index (χ1) is 6.43. The van der Waals surface area contributed by atoms with Gasteiger partial charge in [-0.1, -0.05) is 0 Å². The van der Waals surface area contributed by atoms with Gasteiger partial charge >= 0.3 is 98.7 Å².